The molecule has 0 aromatic carbocycles. The summed E-state index contributed by atoms with van der Waals surface area (Å²) in [5, 5.41) is 18.9. The van der Waals surface area contributed by atoms with E-state index in [-0.39, 0.29) is 22.7 Å². The number of rotatable bonds is 3. The van der Waals surface area contributed by atoms with E-state index in [4.69, 9.17) is 9.52 Å². The van der Waals surface area contributed by atoms with E-state index in [1.807, 2.05) is 0 Å². The van der Waals surface area contributed by atoms with Crippen molar-refractivity contribution in [1.82, 2.24) is 4.31 Å². The van der Waals surface area contributed by atoms with Crippen molar-refractivity contribution in [2.45, 2.75) is 36.7 Å². The summed E-state index contributed by atoms with van der Waals surface area (Å²) in [7, 11) is -3.86. The van der Waals surface area contributed by atoms with Gasteiger partial charge >= 0.3 is 5.97 Å². The molecule has 0 amide bonds. The summed E-state index contributed by atoms with van der Waals surface area (Å²) in [5.41, 5.74) is -0.885. The van der Waals surface area contributed by atoms with Crippen LogP contribution in [0.1, 0.15) is 36.7 Å². The maximum Gasteiger partial charge on any atom is 0.371 e. The summed E-state index contributed by atoms with van der Waals surface area (Å²) in [6.45, 7) is 2.13. The molecule has 1 saturated heterocycles. The van der Waals surface area contributed by atoms with Gasteiger partial charge in [-0.25, -0.2) is 13.2 Å². The lowest BCUT2D eigenvalue weighted by Gasteiger charge is -2.21. The molecule has 1 unspecified atom stereocenters. The Bertz CT molecular complexity index is 651. The van der Waals surface area contributed by atoms with Crippen LogP contribution in [-0.4, -0.2) is 47.6 Å². The minimum absolute atomic E-state index is 0.129. The highest BCUT2D eigenvalue weighted by atomic mass is 79.9. The number of carboxylic acids is 1. The van der Waals surface area contributed by atoms with Gasteiger partial charge in [0.2, 0.25) is 15.8 Å². The first kappa shape index (κ1) is 16.5. The topological polar surface area (TPSA) is 108 Å². The third kappa shape index (κ3) is 3.47. The third-order valence-electron chi connectivity index (χ3n) is 3.51. The molecule has 2 heterocycles. The van der Waals surface area contributed by atoms with Crippen molar-refractivity contribution < 1.29 is 27.8 Å². The smallest absolute Gasteiger partial charge is 0.371 e. The van der Waals surface area contributed by atoms with Crippen LogP contribution in [0.3, 0.4) is 0 Å². The predicted octanol–water partition coefficient (Wildman–Crippen LogP) is 1.67. The minimum Gasteiger partial charge on any atom is -0.475 e. The lowest BCUT2D eigenvalue weighted by atomic mass is 9.98. The van der Waals surface area contributed by atoms with Crippen LogP contribution >= 0.6 is 15.9 Å². The van der Waals surface area contributed by atoms with Gasteiger partial charge in [-0.2, -0.15) is 4.31 Å². The molecule has 2 N–H and O–H groups in total. The van der Waals surface area contributed by atoms with E-state index in [0.717, 1.165) is 6.07 Å². The Morgan fingerprint density at radius 3 is 2.67 bits per heavy atom. The van der Waals surface area contributed by atoms with Gasteiger partial charge in [0.1, 0.15) is 4.90 Å². The molecule has 0 aliphatic carbocycles. The summed E-state index contributed by atoms with van der Waals surface area (Å²) in [6, 6.07) is 0.991. The van der Waals surface area contributed by atoms with Gasteiger partial charge < -0.3 is 14.6 Å². The van der Waals surface area contributed by atoms with Crippen LogP contribution in [0.25, 0.3) is 0 Å². The molecule has 9 heteroatoms. The number of halogens is 1. The maximum absolute atomic E-state index is 12.6. The quantitative estimate of drug-likeness (QED) is 0.823. The molecule has 1 aliphatic heterocycles. The van der Waals surface area contributed by atoms with Gasteiger partial charge in [-0.15, -0.1) is 0 Å². The fraction of sp³-hybridized carbons (Fsp3) is 0.583. The highest BCUT2D eigenvalue weighted by Gasteiger charge is 2.34. The molecule has 0 bridgehead atoms. The van der Waals surface area contributed by atoms with E-state index in [1.165, 1.54) is 4.31 Å². The third-order valence-corrected chi connectivity index (χ3v) is 6.26. The van der Waals surface area contributed by atoms with E-state index >= 15 is 0 Å². The molecular formula is C12H16BrNO6S. The molecule has 7 nitrogen and oxygen atoms in total. The second-order valence-electron chi connectivity index (χ2n) is 5.31. The van der Waals surface area contributed by atoms with Crippen molar-refractivity contribution >= 4 is 31.9 Å². The van der Waals surface area contributed by atoms with Crippen LogP contribution in [0.4, 0.5) is 0 Å². The van der Waals surface area contributed by atoms with Gasteiger partial charge in [-0.1, -0.05) is 0 Å². The number of carboxylic acid groups (broad SMARTS) is 1. The van der Waals surface area contributed by atoms with Crippen molar-refractivity contribution in [3.8, 4) is 0 Å². The Morgan fingerprint density at radius 1 is 1.43 bits per heavy atom. The first-order chi connectivity index (χ1) is 9.63. The molecule has 1 aliphatic rings. The lowest BCUT2D eigenvalue weighted by molar-refractivity contribution is 0.0465. The number of hydrogen-bond acceptors (Lipinski definition) is 5. The molecule has 118 valence electrons. The molecular weight excluding hydrogens is 366 g/mol. The van der Waals surface area contributed by atoms with E-state index in [2.05, 4.69) is 15.9 Å². The van der Waals surface area contributed by atoms with Crippen molar-refractivity contribution in [2.24, 2.45) is 0 Å². The van der Waals surface area contributed by atoms with E-state index < -0.39 is 27.4 Å². The van der Waals surface area contributed by atoms with E-state index in [1.54, 1.807) is 6.92 Å². The largest absolute Gasteiger partial charge is 0.475 e. The Hall–Kier alpha value is -0.900. The molecule has 1 fully saturated rings. The van der Waals surface area contributed by atoms with Crippen molar-refractivity contribution in [1.29, 1.82) is 0 Å². The summed E-state index contributed by atoms with van der Waals surface area (Å²) >= 11 is 2.94. The zero-order valence-corrected chi connectivity index (χ0v) is 13.8. The van der Waals surface area contributed by atoms with Gasteiger partial charge in [-0.05, 0) is 42.1 Å². The SMILES string of the molecule is CC1(O)CCCN(S(=O)(=O)c2cc(C(=O)O)oc2Br)CC1. The van der Waals surface area contributed by atoms with Crippen LogP contribution < -0.4 is 0 Å². The Morgan fingerprint density at radius 2 is 2.10 bits per heavy atom. The molecule has 1 atom stereocenters. The highest BCUT2D eigenvalue weighted by molar-refractivity contribution is 9.10. The van der Waals surface area contributed by atoms with Crippen molar-refractivity contribution in [3.05, 3.63) is 16.5 Å². The first-order valence-corrected chi connectivity index (χ1v) is 8.62. The summed E-state index contributed by atoms with van der Waals surface area (Å²) in [4.78, 5) is 10.6. The fourth-order valence-electron chi connectivity index (χ4n) is 2.25. The molecule has 0 spiro atoms. The summed E-state index contributed by atoms with van der Waals surface area (Å²) in [6.07, 6.45) is 1.38. The lowest BCUT2D eigenvalue weighted by Crippen LogP contribution is -2.33. The van der Waals surface area contributed by atoms with Gasteiger partial charge in [-0.3, -0.25) is 0 Å². The minimum atomic E-state index is -3.86. The fourth-order valence-corrected chi connectivity index (χ4v) is 4.63. The molecule has 1 aromatic rings. The van der Waals surface area contributed by atoms with Crippen LogP contribution in [0.5, 0.6) is 0 Å². The average molecular weight is 382 g/mol. The van der Waals surface area contributed by atoms with Gasteiger partial charge in [0.05, 0.1) is 5.60 Å². The summed E-state index contributed by atoms with van der Waals surface area (Å²) < 4.78 is 31.1. The zero-order valence-electron chi connectivity index (χ0n) is 11.4. The average Bonchev–Trinajstić information content (AvgIpc) is 2.66. The normalized spacial score (nSPS) is 24.7. The maximum atomic E-state index is 12.6. The molecule has 21 heavy (non-hydrogen) atoms. The number of carbonyl (C=O) groups is 1. The Balaban J connectivity index is 2.31. The zero-order chi connectivity index (χ0) is 15.8. The predicted molar refractivity (Wildman–Crippen MR) is 76.6 cm³/mol. The number of aromatic carboxylic acids is 1. The Kier molecular flexibility index (Phi) is 4.48. The van der Waals surface area contributed by atoms with Crippen LogP contribution in [-0.2, 0) is 10.0 Å². The van der Waals surface area contributed by atoms with Gasteiger partial charge in [0.25, 0.3) is 0 Å². The van der Waals surface area contributed by atoms with E-state index in [0.29, 0.717) is 19.3 Å². The summed E-state index contributed by atoms with van der Waals surface area (Å²) in [5.74, 6) is -1.78. The van der Waals surface area contributed by atoms with Crippen LogP contribution in [0, 0.1) is 0 Å². The second kappa shape index (κ2) is 5.71. The molecule has 1 aromatic heterocycles. The molecule has 0 radical (unpaired) electrons. The number of aliphatic hydroxyl groups is 1. The Labute approximate surface area is 130 Å². The van der Waals surface area contributed by atoms with Crippen LogP contribution in [0.15, 0.2) is 20.0 Å². The van der Waals surface area contributed by atoms with Crippen molar-refractivity contribution in [3.63, 3.8) is 0 Å². The van der Waals surface area contributed by atoms with Crippen molar-refractivity contribution in [2.75, 3.05) is 13.1 Å². The molecule has 2 rings (SSSR count). The van der Waals surface area contributed by atoms with E-state index in [9.17, 15) is 18.3 Å². The monoisotopic (exact) mass is 381 g/mol. The van der Waals surface area contributed by atoms with Gasteiger partial charge in [0, 0.05) is 19.2 Å². The number of nitrogens with zero attached hydrogens (tertiary/aromatic N) is 1. The van der Waals surface area contributed by atoms with Crippen LogP contribution in [0.2, 0.25) is 0 Å². The molecule has 0 saturated carbocycles. The number of hydrogen-bond donors (Lipinski definition) is 2. The van der Waals surface area contributed by atoms with Gasteiger partial charge in [0.15, 0.2) is 4.67 Å². The number of sulfonamides is 1. The second-order valence-corrected chi connectivity index (χ2v) is 7.93. The standard InChI is InChI=1S/C12H16BrNO6S/c1-12(17)3-2-5-14(6-4-12)21(18,19)9-7-8(11(15)16)20-10(9)13/h7,17H,2-6H2,1H3,(H,15,16). The highest BCUT2D eigenvalue weighted by Crippen LogP contribution is 2.31. The number of furan rings is 1. The first-order valence-electron chi connectivity index (χ1n) is 6.39.